The van der Waals surface area contributed by atoms with Crippen LogP contribution in [0.3, 0.4) is 0 Å². The second-order valence-corrected chi connectivity index (χ2v) is 9.26. The Morgan fingerprint density at radius 2 is 2.12 bits per heavy atom. The van der Waals surface area contributed by atoms with Crippen molar-refractivity contribution < 1.29 is 18.0 Å². The number of rotatable bonds is 4. The minimum Gasteiger partial charge on any atom is -0.333 e. The van der Waals surface area contributed by atoms with Gasteiger partial charge in [-0.1, -0.05) is 42.4 Å². The molecule has 0 fully saturated rings. The van der Waals surface area contributed by atoms with Crippen LogP contribution in [0.5, 0.6) is 0 Å². The maximum Gasteiger partial charge on any atom is 0.435 e. The summed E-state index contributed by atoms with van der Waals surface area (Å²) in [5, 5.41) is 13.4. The normalized spacial score (nSPS) is 15.8. The van der Waals surface area contributed by atoms with E-state index in [4.69, 9.17) is 11.6 Å². The van der Waals surface area contributed by atoms with E-state index < -0.39 is 17.8 Å². The van der Waals surface area contributed by atoms with E-state index in [-0.39, 0.29) is 35.8 Å². The third-order valence-corrected chi connectivity index (χ3v) is 6.91. The van der Waals surface area contributed by atoms with Gasteiger partial charge < -0.3 is 4.90 Å². The van der Waals surface area contributed by atoms with Gasteiger partial charge in [0.1, 0.15) is 11.8 Å². The minimum atomic E-state index is -4.75. The second-order valence-electron chi connectivity index (χ2n) is 7.49. The number of alkyl halides is 3. The molecule has 4 rings (SSSR count). The monoisotopic (exact) mass is 490 g/mol. The third-order valence-electron chi connectivity index (χ3n) is 5.64. The standard InChI is InChI=1S/C23H18ClF3N4OS/c1-3-20(32)30-11-16(15-9-19(24)33-18(15)12-30)13-7-5-6-8-14(13)21-17(10-28)31(4-2)29-22(21)23(25,26)27/h3,5-9,16H,1,4,11-12H2,2H3/t16-/m0/s1. The number of thiophene rings is 1. The number of nitriles is 1. The first-order valence-corrected chi connectivity index (χ1v) is 11.3. The van der Waals surface area contributed by atoms with Gasteiger partial charge in [0, 0.05) is 23.9 Å². The van der Waals surface area contributed by atoms with E-state index in [2.05, 4.69) is 11.7 Å². The van der Waals surface area contributed by atoms with Gasteiger partial charge in [-0.3, -0.25) is 9.48 Å². The quantitative estimate of drug-likeness (QED) is 0.432. The summed E-state index contributed by atoms with van der Waals surface area (Å²) in [7, 11) is 0. The largest absolute Gasteiger partial charge is 0.435 e. The zero-order valence-corrected chi connectivity index (χ0v) is 19.1. The summed E-state index contributed by atoms with van der Waals surface area (Å²) < 4.78 is 43.5. The van der Waals surface area contributed by atoms with Crippen molar-refractivity contribution in [3.63, 3.8) is 0 Å². The molecule has 0 saturated carbocycles. The zero-order chi connectivity index (χ0) is 23.9. The lowest BCUT2D eigenvalue weighted by atomic mass is 9.83. The maximum absolute atomic E-state index is 14.0. The summed E-state index contributed by atoms with van der Waals surface area (Å²) in [6, 6.07) is 10.3. The molecule has 0 N–H and O–H groups in total. The van der Waals surface area contributed by atoms with Gasteiger partial charge in [0.2, 0.25) is 5.91 Å². The number of benzene rings is 1. The molecule has 1 aromatic carbocycles. The highest BCUT2D eigenvalue weighted by Gasteiger charge is 2.41. The summed E-state index contributed by atoms with van der Waals surface area (Å²) >= 11 is 7.60. The number of amides is 1. The molecule has 1 aliphatic rings. The number of fused-ring (bicyclic) bond motifs is 1. The number of hydrogen-bond donors (Lipinski definition) is 0. The van der Waals surface area contributed by atoms with Crippen molar-refractivity contribution >= 4 is 28.8 Å². The average molecular weight is 491 g/mol. The molecular formula is C23H18ClF3N4OS. The van der Waals surface area contributed by atoms with Crippen molar-refractivity contribution in [2.45, 2.75) is 32.1 Å². The number of hydrogen-bond acceptors (Lipinski definition) is 4. The molecule has 33 heavy (non-hydrogen) atoms. The Kier molecular flexibility index (Phi) is 6.08. The van der Waals surface area contributed by atoms with E-state index in [9.17, 15) is 23.2 Å². The number of nitrogens with zero attached hydrogens (tertiary/aromatic N) is 4. The van der Waals surface area contributed by atoms with Gasteiger partial charge in [-0.15, -0.1) is 11.3 Å². The lowest BCUT2D eigenvalue weighted by Gasteiger charge is -2.33. The highest BCUT2D eigenvalue weighted by Crippen LogP contribution is 2.45. The van der Waals surface area contributed by atoms with E-state index in [0.29, 0.717) is 16.4 Å². The Morgan fingerprint density at radius 3 is 2.76 bits per heavy atom. The van der Waals surface area contributed by atoms with Crippen molar-refractivity contribution in [2.75, 3.05) is 6.54 Å². The number of aryl methyl sites for hydroxylation is 1. The first-order chi connectivity index (χ1) is 15.7. The summed E-state index contributed by atoms with van der Waals surface area (Å²) in [5.74, 6) is -0.713. The van der Waals surface area contributed by atoms with E-state index in [1.807, 2.05) is 6.07 Å². The molecule has 1 aliphatic heterocycles. The van der Waals surface area contributed by atoms with Crippen molar-refractivity contribution in [3.8, 4) is 17.2 Å². The van der Waals surface area contributed by atoms with Crippen LogP contribution in [0.25, 0.3) is 11.1 Å². The summed E-state index contributed by atoms with van der Waals surface area (Å²) in [6.45, 7) is 5.88. The van der Waals surface area contributed by atoms with E-state index in [1.54, 1.807) is 42.2 Å². The molecule has 2 aromatic heterocycles. The average Bonchev–Trinajstić information content (AvgIpc) is 3.36. The molecule has 0 aliphatic carbocycles. The fourth-order valence-electron chi connectivity index (χ4n) is 4.23. The predicted octanol–water partition coefficient (Wildman–Crippen LogP) is 5.84. The van der Waals surface area contributed by atoms with Crippen molar-refractivity contribution in [1.82, 2.24) is 14.7 Å². The molecule has 0 radical (unpaired) electrons. The fraction of sp³-hybridized carbons (Fsp3) is 0.261. The summed E-state index contributed by atoms with van der Waals surface area (Å²) in [4.78, 5) is 14.9. The molecule has 3 heterocycles. The molecule has 170 valence electrons. The van der Waals surface area contributed by atoms with Gasteiger partial charge >= 0.3 is 6.18 Å². The number of carbonyl (C=O) groups is 1. The van der Waals surface area contributed by atoms with Crippen LogP contribution in [0, 0.1) is 11.3 Å². The smallest absolute Gasteiger partial charge is 0.333 e. The van der Waals surface area contributed by atoms with Crippen LogP contribution in [0.15, 0.2) is 43.0 Å². The van der Waals surface area contributed by atoms with Gasteiger partial charge in [-0.05, 0) is 35.8 Å². The SMILES string of the molecule is C=CC(=O)N1Cc2sc(Cl)cc2[C@H](c2ccccc2-c2c(C(F)(F)F)nn(CC)c2C#N)C1. The van der Waals surface area contributed by atoms with Crippen LogP contribution in [0.4, 0.5) is 13.2 Å². The molecule has 1 amide bonds. The van der Waals surface area contributed by atoms with Gasteiger partial charge in [-0.25, -0.2) is 0 Å². The fourth-order valence-corrected chi connectivity index (χ4v) is 5.59. The Morgan fingerprint density at radius 1 is 1.39 bits per heavy atom. The Balaban J connectivity index is 1.97. The topological polar surface area (TPSA) is 61.9 Å². The van der Waals surface area contributed by atoms with Crippen LogP contribution in [-0.4, -0.2) is 27.1 Å². The Labute approximate surface area is 197 Å². The molecule has 0 saturated heterocycles. The van der Waals surface area contributed by atoms with Gasteiger partial charge in [0.25, 0.3) is 0 Å². The third kappa shape index (κ3) is 4.05. The van der Waals surface area contributed by atoms with Crippen LogP contribution in [0.2, 0.25) is 4.34 Å². The van der Waals surface area contributed by atoms with Crippen LogP contribution >= 0.6 is 22.9 Å². The number of carbonyl (C=O) groups excluding carboxylic acids is 1. The maximum atomic E-state index is 14.0. The van der Waals surface area contributed by atoms with Crippen molar-refractivity contribution in [2.24, 2.45) is 0 Å². The second kappa shape index (κ2) is 8.69. The Hall–Kier alpha value is -3.09. The van der Waals surface area contributed by atoms with Crippen molar-refractivity contribution in [3.05, 3.63) is 74.7 Å². The minimum absolute atomic E-state index is 0.115. The van der Waals surface area contributed by atoms with Crippen LogP contribution < -0.4 is 0 Å². The van der Waals surface area contributed by atoms with E-state index >= 15 is 0 Å². The van der Waals surface area contributed by atoms with E-state index in [1.165, 1.54) is 17.4 Å². The first-order valence-electron chi connectivity index (χ1n) is 10.1. The van der Waals surface area contributed by atoms with E-state index in [0.717, 1.165) is 15.1 Å². The van der Waals surface area contributed by atoms with Gasteiger partial charge in [0.15, 0.2) is 5.69 Å². The molecular weight excluding hydrogens is 473 g/mol. The molecule has 10 heteroatoms. The highest BCUT2D eigenvalue weighted by atomic mass is 35.5. The predicted molar refractivity (Wildman–Crippen MR) is 120 cm³/mol. The van der Waals surface area contributed by atoms with Crippen LogP contribution in [-0.2, 0) is 24.1 Å². The molecule has 0 spiro atoms. The zero-order valence-electron chi connectivity index (χ0n) is 17.5. The molecule has 1 atom stereocenters. The molecule has 3 aromatic rings. The summed E-state index contributed by atoms with van der Waals surface area (Å²) in [5.41, 5.74) is 0.167. The van der Waals surface area contributed by atoms with Crippen LogP contribution in [0.1, 0.15) is 40.2 Å². The lowest BCUT2D eigenvalue weighted by molar-refractivity contribution is -0.141. The number of aromatic nitrogens is 2. The Bertz CT molecular complexity index is 1290. The van der Waals surface area contributed by atoms with Crippen molar-refractivity contribution in [1.29, 1.82) is 5.26 Å². The molecule has 5 nitrogen and oxygen atoms in total. The molecule has 0 unspecified atom stereocenters. The summed E-state index contributed by atoms with van der Waals surface area (Å²) in [6.07, 6.45) is -3.54. The lowest BCUT2D eigenvalue weighted by Crippen LogP contribution is -2.37. The highest BCUT2D eigenvalue weighted by molar-refractivity contribution is 7.16. The first kappa shape index (κ1) is 23.1. The molecule has 0 bridgehead atoms. The van der Waals surface area contributed by atoms with Gasteiger partial charge in [-0.2, -0.15) is 23.5 Å². The van der Waals surface area contributed by atoms with Gasteiger partial charge in [0.05, 0.1) is 16.4 Å². The number of halogens is 4.